The van der Waals surface area contributed by atoms with E-state index in [0.717, 1.165) is 43.9 Å². The Morgan fingerprint density at radius 2 is 2.37 bits per heavy atom. The molecule has 0 aromatic heterocycles. The third kappa shape index (κ3) is 3.69. The zero-order valence-corrected chi connectivity index (χ0v) is 11.8. The fraction of sp³-hybridized carbons (Fsp3) is 0.600. The molecular weight excluding hydrogens is 240 g/mol. The van der Waals surface area contributed by atoms with Crippen molar-refractivity contribution in [3.63, 3.8) is 0 Å². The van der Waals surface area contributed by atoms with Crippen LogP contribution in [0.4, 0.5) is 0 Å². The summed E-state index contributed by atoms with van der Waals surface area (Å²) in [7, 11) is 1.69. The van der Waals surface area contributed by atoms with Crippen molar-refractivity contribution in [2.75, 3.05) is 26.8 Å². The first-order valence-electron chi connectivity index (χ1n) is 6.99. The quantitative estimate of drug-likeness (QED) is 0.849. The lowest BCUT2D eigenvalue weighted by Gasteiger charge is -2.27. The third-order valence-electron chi connectivity index (χ3n) is 3.62. The minimum atomic E-state index is -0.0497. The van der Waals surface area contributed by atoms with Crippen molar-refractivity contribution in [2.24, 2.45) is 5.73 Å². The van der Waals surface area contributed by atoms with E-state index in [1.165, 1.54) is 5.56 Å². The van der Waals surface area contributed by atoms with Crippen molar-refractivity contribution in [1.82, 2.24) is 5.32 Å². The third-order valence-corrected chi connectivity index (χ3v) is 3.62. The summed E-state index contributed by atoms with van der Waals surface area (Å²) in [5, 5.41) is 3.33. The topological polar surface area (TPSA) is 56.5 Å². The van der Waals surface area contributed by atoms with Crippen molar-refractivity contribution in [1.29, 1.82) is 0 Å². The van der Waals surface area contributed by atoms with Gasteiger partial charge >= 0.3 is 0 Å². The standard InChI is InChI=1S/C15H24N2O2/c1-3-11-4-5-15(18-2)13(8-11)14(16)9-12-10-17-6-7-19-12/h4-5,8,12,14,17H,3,6-7,9-10,16H2,1-2H3. The van der Waals surface area contributed by atoms with Gasteiger partial charge in [0.15, 0.2) is 0 Å². The van der Waals surface area contributed by atoms with Crippen molar-refractivity contribution in [3.8, 4) is 5.75 Å². The van der Waals surface area contributed by atoms with Crippen molar-refractivity contribution < 1.29 is 9.47 Å². The van der Waals surface area contributed by atoms with E-state index in [1.807, 2.05) is 6.07 Å². The lowest BCUT2D eigenvalue weighted by molar-refractivity contribution is 0.0194. The van der Waals surface area contributed by atoms with Gasteiger partial charge in [-0.05, 0) is 24.5 Å². The van der Waals surface area contributed by atoms with E-state index in [9.17, 15) is 0 Å². The molecule has 1 aromatic rings. The van der Waals surface area contributed by atoms with Crippen LogP contribution >= 0.6 is 0 Å². The summed E-state index contributed by atoms with van der Waals surface area (Å²) >= 11 is 0. The Morgan fingerprint density at radius 1 is 1.53 bits per heavy atom. The Balaban J connectivity index is 2.09. The monoisotopic (exact) mass is 264 g/mol. The number of ether oxygens (including phenoxy) is 2. The Hall–Kier alpha value is -1.10. The van der Waals surface area contributed by atoms with E-state index >= 15 is 0 Å². The van der Waals surface area contributed by atoms with Gasteiger partial charge in [-0.15, -0.1) is 0 Å². The van der Waals surface area contributed by atoms with Crippen LogP contribution in [-0.2, 0) is 11.2 Å². The molecule has 2 rings (SSSR count). The zero-order chi connectivity index (χ0) is 13.7. The molecule has 1 saturated heterocycles. The molecule has 1 aliphatic heterocycles. The molecule has 3 N–H and O–H groups in total. The number of aryl methyl sites for hydroxylation is 1. The van der Waals surface area contributed by atoms with Crippen LogP contribution in [0.2, 0.25) is 0 Å². The average molecular weight is 264 g/mol. The van der Waals surface area contributed by atoms with Crippen LogP contribution in [0.5, 0.6) is 5.75 Å². The molecular formula is C15H24N2O2. The summed E-state index contributed by atoms with van der Waals surface area (Å²) in [6.45, 7) is 4.72. The first-order chi connectivity index (χ1) is 9.24. The number of nitrogens with one attached hydrogen (secondary N) is 1. The van der Waals surface area contributed by atoms with Crippen molar-refractivity contribution >= 4 is 0 Å². The van der Waals surface area contributed by atoms with Crippen LogP contribution in [0.15, 0.2) is 18.2 Å². The molecule has 0 spiro atoms. The Morgan fingerprint density at radius 3 is 3.00 bits per heavy atom. The fourth-order valence-electron chi connectivity index (χ4n) is 2.47. The molecule has 2 atom stereocenters. The van der Waals surface area contributed by atoms with Gasteiger partial charge in [-0.1, -0.05) is 19.1 Å². The van der Waals surface area contributed by atoms with Crippen molar-refractivity contribution in [2.45, 2.75) is 31.9 Å². The number of benzene rings is 1. The average Bonchev–Trinajstić information content (AvgIpc) is 2.47. The van der Waals surface area contributed by atoms with E-state index < -0.39 is 0 Å². The largest absolute Gasteiger partial charge is 0.496 e. The smallest absolute Gasteiger partial charge is 0.123 e. The van der Waals surface area contributed by atoms with Gasteiger partial charge in [-0.3, -0.25) is 0 Å². The highest BCUT2D eigenvalue weighted by Gasteiger charge is 2.20. The van der Waals surface area contributed by atoms with Gasteiger partial charge in [0.25, 0.3) is 0 Å². The number of morpholine rings is 1. The predicted molar refractivity (Wildman–Crippen MR) is 76.5 cm³/mol. The van der Waals surface area contributed by atoms with Gasteiger partial charge in [0, 0.05) is 24.7 Å². The van der Waals surface area contributed by atoms with Gasteiger partial charge in [-0.25, -0.2) is 0 Å². The molecule has 0 saturated carbocycles. The molecule has 0 radical (unpaired) electrons. The molecule has 1 fully saturated rings. The molecule has 0 bridgehead atoms. The number of methoxy groups -OCH3 is 1. The van der Waals surface area contributed by atoms with E-state index in [4.69, 9.17) is 15.2 Å². The maximum atomic E-state index is 6.34. The summed E-state index contributed by atoms with van der Waals surface area (Å²) in [6, 6.07) is 6.20. The SMILES string of the molecule is CCc1ccc(OC)c(C(N)CC2CNCCO2)c1. The van der Waals surface area contributed by atoms with E-state index in [2.05, 4.69) is 24.4 Å². The van der Waals surface area contributed by atoms with Crippen LogP contribution < -0.4 is 15.8 Å². The Labute approximate surface area is 115 Å². The predicted octanol–water partition coefficient (Wildman–Crippen LogP) is 1.64. The highest BCUT2D eigenvalue weighted by molar-refractivity contribution is 5.39. The second-order valence-corrected chi connectivity index (χ2v) is 4.97. The minimum Gasteiger partial charge on any atom is -0.496 e. The highest BCUT2D eigenvalue weighted by Crippen LogP contribution is 2.28. The maximum Gasteiger partial charge on any atom is 0.123 e. The maximum absolute atomic E-state index is 6.34. The minimum absolute atomic E-state index is 0.0497. The number of nitrogens with two attached hydrogens (primary N) is 1. The van der Waals surface area contributed by atoms with Gasteiger partial charge in [-0.2, -0.15) is 0 Å². The van der Waals surface area contributed by atoms with E-state index in [1.54, 1.807) is 7.11 Å². The van der Waals surface area contributed by atoms with Crippen LogP contribution in [0, 0.1) is 0 Å². The van der Waals surface area contributed by atoms with Gasteiger partial charge in [0.05, 0.1) is 19.8 Å². The molecule has 106 valence electrons. The van der Waals surface area contributed by atoms with Gasteiger partial charge in [0.1, 0.15) is 5.75 Å². The normalized spacial score (nSPS) is 21.1. The second kappa shape index (κ2) is 6.89. The molecule has 1 heterocycles. The molecule has 1 aliphatic rings. The van der Waals surface area contributed by atoms with Gasteiger partial charge in [0.2, 0.25) is 0 Å². The number of rotatable bonds is 5. The first kappa shape index (κ1) is 14.3. The summed E-state index contributed by atoms with van der Waals surface area (Å²) < 4.78 is 11.1. The van der Waals surface area contributed by atoms with E-state index in [-0.39, 0.29) is 12.1 Å². The van der Waals surface area contributed by atoms with Gasteiger partial charge < -0.3 is 20.5 Å². The van der Waals surface area contributed by atoms with E-state index in [0.29, 0.717) is 0 Å². The summed E-state index contributed by atoms with van der Waals surface area (Å²) in [4.78, 5) is 0. The van der Waals surface area contributed by atoms with Crippen LogP contribution in [0.25, 0.3) is 0 Å². The van der Waals surface area contributed by atoms with Crippen LogP contribution in [0.3, 0.4) is 0 Å². The summed E-state index contributed by atoms with van der Waals surface area (Å²) in [5.41, 5.74) is 8.70. The second-order valence-electron chi connectivity index (χ2n) is 4.97. The lowest BCUT2D eigenvalue weighted by Crippen LogP contribution is -2.40. The molecule has 4 heteroatoms. The summed E-state index contributed by atoms with van der Waals surface area (Å²) in [5.74, 6) is 0.869. The highest BCUT2D eigenvalue weighted by atomic mass is 16.5. The lowest BCUT2D eigenvalue weighted by atomic mass is 9.97. The molecule has 0 aliphatic carbocycles. The Kier molecular flexibility index (Phi) is 5.19. The molecule has 1 aromatic carbocycles. The Bertz CT molecular complexity index is 403. The zero-order valence-electron chi connectivity index (χ0n) is 11.8. The first-order valence-corrected chi connectivity index (χ1v) is 6.99. The van der Waals surface area contributed by atoms with Crippen LogP contribution in [0.1, 0.15) is 30.5 Å². The van der Waals surface area contributed by atoms with Crippen LogP contribution in [-0.4, -0.2) is 32.9 Å². The van der Waals surface area contributed by atoms with Crippen molar-refractivity contribution in [3.05, 3.63) is 29.3 Å². The number of hydrogen-bond acceptors (Lipinski definition) is 4. The summed E-state index contributed by atoms with van der Waals surface area (Å²) in [6.07, 6.45) is 2.01. The molecule has 4 nitrogen and oxygen atoms in total. The molecule has 2 unspecified atom stereocenters. The molecule has 0 amide bonds. The number of hydrogen-bond donors (Lipinski definition) is 2. The fourth-order valence-corrected chi connectivity index (χ4v) is 2.47. The molecule has 19 heavy (non-hydrogen) atoms.